The first-order valence-electron chi connectivity index (χ1n) is 28.7. The smallest absolute Gasteiger partial charge is 0.306 e. The van der Waals surface area contributed by atoms with Crippen LogP contribution in [-0.4, -0.2) is 37.2 Å². The molecule has 0 radical (unpaired) electrons. The number of rotatable bonds is 51. The van der Waals surface area contributed by atoms with E-state index in [-0.39, 0.29) is 31.1 Å². The Morgan fingerprint density at radius 1 is 0.304 bits per heavy atom. The molecule has 0 spiro atoms. The van der Waals surface area contributed by atoms with Crippen LogP contribution in [0.15, 0.2) is 97.2 Å². The van der Waals surface area contributed by atoms with Crippen LogP contribution in [0, 0.1) is 0 Å². The predicted octanol–water partition coefficient (Wildman–Crippen LogP) is 19.3. The van der Waals surface area contributed by atoms with E-state index < -0.39 is 6.10 Å². The van der Waals surface area contributed by atoms with Crippen LogP contribution < -0.4 is 0 Å². The molecular weight excluding hydrogens is 853 g/mol. The van der Waals surface area contributed by atoms with Crippen LogP contribution >= 0.6 is 0 Å². The van der Waals surface area contributed by atoms with E-state index in [0.29, 0.717) is 19.3 Å². The summed E-state index contributed by atoms with van der Waals surface area (Å²) in [5.74, 6) is -0.923. The number of ether oxygens (including phenoxy) is 3. The van der Waals surface area contributed by atoms with Gasteiger partial charge in [-0.05, 0) is 122 Å². The minimum absolute atomic E-state index is 0.0915. The van der Waals surface area contributed by atoms with Crippen LogP contribution in [0.2, 0.25) is 0 Å². The lowest BCUT2D eigenvalue weighted by molar-refractivity contribution is -0.167. The topological polar surface area (TPSA) is 78.9 Å². The van der Waals surface area contributed by atoms with Gasteiger partial charge in [-0.1, -0.05) is 221 Å². The predicted molar refractivity (Wildman–Crippen MR) is 297 cm³/mol. The van der Waals surface area contributed by atoms with Gasteiger partial charge in [0, 0.05) is 19.3 Å². The maximum absolute atomic E-state index is 12.8. The molecule has 0 fully saturated rings. The Labute approximate surface area is 426 Å². The van der Waals surface area contributed by atoms with Crippen molar-refractivity contribution in [3.8, 4) is 0 Å². The summed E-state index contributed by atoms with van der Waals surface area (Å²) in [6, 6.07) is 0. The summed E-state index contributed by atoms with van der Waals surface area (Å²) in [6.45, 7) is 6.46. The molecule has 1 atom stereocenters. The molecule has 0 saturated heterocycles. The molecule has 69 heavy (non-hydrogen) atoms. The SMILES string of the molecule is CC/C=C\C/C=C\C/C=C\C/C=C\C/C=C\CCCCCCCCCC(=O)OCC(COC(=O)CCCCCCC/C=C\CCCCC)OC(=O)CCCCCCC/C=C\C/C=C\CCCCCC. The van der Waals surface area contributed by atoms with E-state index in [9.17, 15) is 14.4 Å². The van der Waals surface area contributed by atoms with E-state index in [4.69, 9.17) is 14.2 Å². The van der Waals surface area contributed by atoms with E-state index in [0.717, 1.165) is 128 Å². The molecule has 394 valence electrons. The summed E-state index contributed by atoms with van der Waals surface area (Å²) in [5, 5.41) is 0. The van der Waals surface area contributed by atoms with Crippen molar-refractivity contribution in [2.24, 2.45) is 0 Å². The Morgan fingerprint density at radius 2 is 0.565 bits per heavy atom. The third-order valence-electron chi connectivity index (χ3n) is 12.0. The Balaban J connectivity index is 4.39. The lowest BCUT2D eigenvalue weighted by atomic mass is 10.1. The fourth-order valence-electron chi connectivity index (χ4n) is 7.73. The number of hydrogen-bond acceptors (Lipinski definition) is 6. The number of carbonyl (C=O) groups excluding carboxylic acids is 3. The fourth-order valence-corrected chi connectivity index (χ4v) is 7.73. The zero-order valence-electron chi connectivity index (χ0n) is 45.0. The second-order valence-corrected chi connectivity index (χ2v) is 18.8. The van der Waals surface area contributed by atoms with Gasteiger partial charge in [0.2, 0.25) is 0 Å². The molecule has 0 aromatic heterocycles. The van der Waals surface area contributed by atoms with Crippen molar-refractivity contribution in [2.75, 3.05) is 13.2 Å². The van der Waals surface area contributed by atoms with E-state index in [1.165, 1.54) is 96.3 Å². The molecular formula is C63H106O6. The largest absolute Gasteiger partial charge is 0.462 e. The van der Waals surface area contributed by atoms with Crippen molar-refractivity contribution in [1.29, 1.82) is 0 Å². The summed E-state index contributed by atoms with van der Waals surface area (Å²) in [6.07, 6.45) is 75.3. The molecule has 0 amide bonds. The van der Waals surface area contributed by atoms with Gasteiger partial charge in [-0.15, -0.1) is 0 Å². The summed E-state index contributed by atoms with van der Waals surface area (Å²) in [7, 11) is 0. The van der Waals surface area contributed by atoms with E-state index in [2.05, 4.69) is 118 Å². The van der Waals surface area contributed by atoms with Crippen LogP contribution in [0.3, 0.4) is 0 Å². The van der Waals surface area contributed by atoms with Crippen molar-refractivity contribution in [1.82, 2.24) is 0 Å². The van der Waals surface area contributed by atoms with E-state index in [1.807, 2.05) is 0 Å². The zero-order valence-corrected chi connectivity index (χ0v) is 45.0. The normalized spacial score (nSPS) is 12.8. The number of carbonyl (C=O) groups is 3. The Morgan fingerprint density at radius 3 is 0.928 bits per heavy atom. The maximum Gasteiger partial charge on any atom is 0.306 e. The highest BCUT2D eigenvalue weighted by Gasteiger charge is 2.19. The quantitative estimate of drug-likeness (QED) is 0.0262. The summed E-state index contributed by atoms with van der Waals surface area (Å²) in [4.78, 5) is 38.1. The van der Waals surface area contributed by atoms with Gasteiger partial charge in [0.05, 0.1) is 0 Å². The first-order valence-corrected chi connectivity index (χ1v) is 28.7. The molecule has 6 heteroatoms. The van der Waals surface area contributed by atoms with Gasteiger partial charge in [0.15, 0.2) is 6.10 Å². The van der Waals surface area contributed by atoms with Crippen LogP contribution in [-0.2, 0) is 28.6 Å². The minimum Gasteiger partial charge on any atom is -0.462 e. The molecule has 0 aliphatic heterocycles. The van der Waals surface area contributed by atoms with Crippen molar-refractivity contribution in [3.63, 3.8) is 0 Å². The maximum atomic E-state index is 12.8. The molecule has 0 aromatic rings. The lowest BCUT2D eigenvalue weighted by Crippen LogP contribution is -2.30. The van der Waals surface area contributed by atoms with Gasteiger partial charge >= 0.3 is 17.9 Å². The summed E-state index contributed by atoms with van der Waals surface area (Å²) >= 11 is 0. The van der Waals surface area contributed by atoms with Gasteiger partial charge in [0.25, 0.3) is 0 Å². The number of esters is 3. The molecule has 0 saturated carbocycles. The van der Waals surface area contributed by atoms with Crippen LogP contribution in [0.1, 0.15) is 265 Å². The molecule has 0 rings (SSSR count). The first-order chi connectivity index (χ1) is 34.0. The lowest BCUT2D eigenvalue weighted by Gasteiger charge is -2.18. The van der Waals surface area contributed by atoms with Crippen molar-refractivity contribution in [3.05, 3.63) is 97.2 Å². The van der Waals surface area contributed by atoms with Crippen LogP contribution in [0.5, 0.6) is 0 Å². The monoisotopic (exact) mass is 959 g/mol. The Bertz CT molecular complexity index is 1380. The molecule has 0 aliphatic carbocycles. The number of allylic oxidation sites excluding steroid dienone is 16. The zero-order chi connectivity index (χ0) is 50.0. The fraction of sp³-hybridized carbons (Fsp3) is 0.698. The second-order valence-electron chi connectivity index (χ2n) is 18.8. The number of unbranched alkanes of at least 4 members (excludes halogenated alkanes) is 24. The first kappa shape index (κ1) is 65.3. The highest BCUT2D eigenvalue weighted by atomic mass is 16.6. The standard InChI is InChI=1S/C63H106O6/c1-4-7-10-13-16-19-22-25-27-29-30-31-32-33-34-35-37-38-41-44-47-50-53-56-62(65)68-59-60(58-67-61(64)55-52-49-46-43-40-24-21-18-15-12-9-6-3)69-63(66)57-54-51-48-45-42-39-36-28-26-23-20-17-14-11-8-5-2/h7,10,16,18-21,23,25,27-28,30-31,33-34,36,60H,4-6,8-9,11-15,17,22,24,26,29,32,35,37-59H2,1-3H3/b10-7-,19-16-,21-18-,23-20-,27-25-,31-30-,34-33-,36-28-. The molecule has 1 unspecified atom stereocenters. The second kappa shape index (κ2) is 56.9. The molecule has 0 aromatic carbocycles. The minimum atomic E-state index is -0.794. The van der Waals surface area contributed by atoms with E-state index >= 15 is 0 Å². The summed E-state index contributed by atoms with van der Waals surface area (Å²) < 4.78 is 16.8. The Kier molecular flexibility index (Phi) is 53.9. The van der Waals surface area contributed by atoms with Gasteiger partial charge in [0.1, 0.15) is 13.2 Å². The van der Waals surface area contributed by atoms with Crippen molar-refractivity contribution >= 4 is 17.9 Å². The molecule has 0 N–H and O–H groups in total. The van der Waals surface area contributed by atoms with Crippen molar-refractivity contribution in [2.45, 2.75) is 271 Å². The highest BCUT2D eigenvalue weighted by Crippen LogP contribution is 2.14. The van der Waals surface area contributed by atoms with E-state index in [1.54, 1.807) is 0 Å². The number of hydrogen-bond donors (Lipinski definition) is 0. The third-order valence-corrected chi connectivity index (χ3v) is 12.0. The molecule has 6 nitrogen and oxygen atoms in total. The highest BCUT2D eigenvalue weighted by molar-refractivity contribution is 5.71. The average molecular weight is 960 g/mol. The van der Waals surface area contributed by atoms with Gasteiger partial charge in [-0.25, -0.2) is 0 Å². The van der Waals surface area contributed by atoms with Crippen molar-refractivity contribution < 1.29 is 28.6 Å². The third kappa shape index (κ3) is 55.1. The molecule has 0 heterocycles. The van der Waals surface area contributed by atoms with Crippen LogP contribution in [0.25, 0.3) is 0 Å². The molecule has 0 bridgehead atoms. The average Bonchev–Trinajstić information content (AvgIpc) is 3.35. The Hall–Kier alpha value is -3.67. The van der Waals surface area contributed by atoms with Gasteiger partial charge < -0.3 is 14.2 Å². The van der Waals surface area contributed by atoms with Gasteiger partial charge in [-0.2, -0.15) is 0 Å². The summed E-state index contributed by atoms with van der Waals surface area (Å²) in [5.41, 5.74) is 0. The van der Waals surface area contributed by atoms with Crippen LogP contribution in [0.4, 0.5) is 0 Å². The molecule has 0 aliphatic rings. The van der Waals surface area contributed by atoms with Gasteiger partial charge in [-0.3, -0.25) is 14.4 Å².